The highest BCUT2D eigenvalue weighted by Gasteiger charge is 2.38. The lowest BCUT2D eigenvalue weighted by molar-refractivity contribution is -0.0527. The van der Waals surface area contributed by atoms with Gasteiger partial charge in [-0.2, -0.15) is 4.98 Å². The van der Waals surface area contributed by atoms with Crippen LogP contribution in [-0.2, 0) is 10.3 Å². The standard InChI is InChI=1S/C15H18ClN3O2/c1-20-15(7-3-2-4-8-15)14-18-13(21-19-14)11-6-5-10(16)9-12(11)17/h5-6,9H,2-4,7-8,17H2,1H3. The lowest BCUT2D eigenvalue weighted by atomic mass is 9.84. The molecule has 1 heterocycles. The SMILES string of the molecule is COC1(c2noc(-c3ccc(Cl)cc3N)n2)CCCCC1. The normalized spacial score (nSPS) is 17.8. The fraction of sp³-hybridized carbons (Fsp3) is 0.467. The number of aromatic nitrogens is 2. The highest BCUT2D eigenvalue weighted by molar-refractivity contribution is 6.31. The molecule has 5 nitrogen and oxygen atoms in total. The van der Waals surface area contributed by atoms with Gasteiger partial charge in [-0.05, 0) is 31.0 Å². The van der Waals surface area contributed by atoms with Crippen LogP contribution in [0.1, 0.15) is 37.9 Å². The van der Waals surface area contributed by atoms with Crippen molar-refractivity contribution in [1.29, 1.82) is 0 Å². The number of methoxy groups -OCH3 is 1. The van der Waals surface area contributed by atoms with Crippen LogP contribution in [0.3, 0.4) is 0 Å². The number of rotatable bonds is 3. The summed E-state index contributed by atoms with van der Waals surface area (Å²) in [6, 6.07) is 5.21. The van der Waals surface area contributed by atoms with Crippen LogP contribution in [0, 0.1) is 0 Å². The number of ether oxygens (including phenoxy) is 1. The van der Waals surface area contributed by atoms with Crippen molar-refractivity contribution in [3.05, 3.63) is 29.0 Å². The van der Waals surface area contributed by atoms with E-state index in [0.29, 0.717) is 28.0 Å². The summed E-state index contributed by atoms with van der Waals surface area (Å²) in [5, 5.41) is 4.70. The number of halogens is 1. The topological polar surface area (TPSA) is 74.2 Å². The molecule has 0 spiro atoms. The van der Waals surface area contributed by atoms with Crippen LogP contribution in [0.4, 0.5) is 5.69 Å². The molecule has 0 atom stereocenters. The zero-order valence-electron chi connectivity index (χ0n) is 11.9. The van der Waals surface area contributed by atoms with Crippen molar-refractivity contribution in [2.45, 2.75) is 37.7 Å². The van der Waals surface area contributed by atoms with Crippen molar-refractivity contribution in [3.63, 3.8) is 0 Å². The van der Waals surface area contributed by atoms with Crippen LogP contribution in [0.25, 0.3) is 11.5 Å². The summed E-state index contributed by atoms with van der Waals surface area (Å²) in [6.07, 6.45) is 5.28. The third kappa shape index (κ3) is 2.63. The van der Waals surface area contributed by atoms with Gasteiger partial charge in [0.25, 0.3) is 5.89 Å². The van der Waals surface area contributed by atoms with Crippen LogP contribution >= 0.6 is 11.6 Å². The first-order valence-electron chi connectivity index (χ1n) is 7.09. The van der Waals surface area contributed by atoms with E-state index in [1.54, 1.807) is 25.3 Å². The molecule has 0 bridgehead atoms. The van der Waals surface area contributed by atoms with E-state index in [4.69, 9.17) is 26.6 Å². The maximum Gasteiger partial charge on any atom is 0.260 e. The average Bonchev–Trinajstić information content (AvgIpc) is 2.98. The summed E-state index contributed by atoms with van der Waals surface area (Å²) >= 11 is 5.91. The first-order valence-corrected chi connectivity index (χ1v) is 7.47. The summed E-state index contributed by atoms with van der Waals surface area (Å²) in [5.41, 5.74) is 6.75. The van der Waals surface area contributed by atoms with Crippen molar-refractivity contribution in [2.75, 3.05) is 12.8 Å². The van der Waals surface area contributed by atoms with Crippen LogP contribution in [0.15, 0.2) is 22.7 Å². The maximum atomic E-state index is 5.96. The van der Waals surface area contributed by atoms with E-state index in [1.165, 1.54) is 6.42 Å². The molecule has 1 aromatic heterocycles. The van der Waals surface area contributed by atoms with E-state index in [1.807, 2.05) is 0 Å². The number of anilines is 1. The Labute approximate surface area is 128 Å². The van der Waals surface area contributed by atoms with Crippen molar-refractivity contribution >= 4 is 17.3 Å². The molecule has 1 aromatic carbocycles. The molecule has 1 aliphatic carbocycles. The van der Waals surface area contributed by atoms with E-state index in [2.05, 4.69) is 10.1 Å². The van der Waals surface area contributed by atoms with Crippen molar-refractivity contribution in [3.8, 4) is 11.5 Å². The zero-order valence-corrected chi connectivity index (χ0v) is 12.7. The van der Waals surface area contributed by atoms with Gasteiger partial charge < -0.3 is 15.0 Å². The van der Waals surface area contributed by atoms with E-state index in [0.717, 1.165) is 25.7 Å². The largest absolute Gasteiger partial charge is 0.398 e. The molecule has 1 fully saturated rings. The average molecular weight is 308 g/mol. The fourth-order valence-electron chi connectivity index (χ4n) is 2.89. The lowest BCUT2D eigenvalue weighted by Crippen LogP contribution is -2.32. The third-order valence-electron chi connectivity index (χ3n) is 4.13. The number of nitrogen functional groups attached to an aromatic ring is 1. The second-order valence-electron chi connectivity index (χ2n) is 5.41. The second kappa shape index (κ2) is 5.66. The number of hydrogen-bond donors (Lipinski definition) is 1. The minimum absolute atomic E-state index is 0.404. The summed E-state index contributed by atoms with van der Waals surface area (Å²) in [7, 11) is 1.71. The molecule has 0 radical (unpaired) electrons. The predicted molar refractivity (Wildman–Crippen MR) is 80.9 cm³/mol. The minimum atomic E-state index is -0.429. The Kier molecular flexibility index (Phi) is 3.87. The Morgan fingerprint density at radius 3 is 2.71 bits per heavy atom. The van der Waals surface area contributed by atoms with Crippen molar-refractivity contribution in [2.24, 2.45) is 0 Å². The van der Waals surface area contributed by atoms with Gasteiger partial charge in [-0.3, -0.25) is 0 Å². The van der Waals surface area contributed by atoms with Crippen LogP contribution in [-0.4, -0.2) is 17.3 Å². The summed E-state index contributed by atoms with van der Waals surface area (Å²) in [6.45, 7) is 0. The zero-order chi connectivity index (χ0) is 14.9. The van der Waals surface area contributed by atoms with Crippen molar-refractivity contribution < 1.29 is 9.26 Å². The summed E-state index contributed by atoms with van der Waals surface area (Å²) in [4.78, 5) is 4.51. The Balaban J connectivity index is 1.95. The Morgan fingerprint density at radius 1 is 1.29 bits per heavy atom. The molecule has 6 heteroatoms. The molecule has 3 rings (SSSR count). The molecule has 2 aromatic rings. The number of benzene rings is 1. The summed E-state index contributed by atoms with van der Waals surface area (Å²) in [5.74, 6) is 1.01. The third-order valence-corrected chi connectivity index (χ3v) is 4.36. The lowest BCUT2D eigenvalue weighted by Gasteiger charge is -2.32. The van der Waals surface area contributed by atoms with E-state index in [9.17, 15) is 0 Å². The van der Waals surface area contributed by atoms with Gasteiger partial charge in [-0.1, -0.05) is 36.0 Å². The molecular formula is C15H18ClN3O2. The smallest absolute Gasteiger partial charge is 0.260 e. The van der Waals surface area contributed by atoms with Gasteiger partial charge in [0.05, 0.1) is 5.56 Å². The van der Waals surface area contributed by atoms with E-state index in [-0.39, 0.29) is 0 Å². The number of hydrogen-bond acceptors (Lipinski definition) is 5. The minimum Gasteiger partial charge on any atom is -0.398 e. The predicted octanol–water partition coefficient (Wildman–Crippen LogP) is 3.78. The molecule has 1 aliphatic rings. The summed E-state index contributed by atoms with van der Waals surface area (Å²) < 4.78 is 11.1. The first-order chi connectivity index (χ1) is 10.1. The molecule has 0 unspecified atom stereocenters. The monoisotopic (exact) mass is 307 g/mol. The highest BCUT2D eigenvalue weighted by Crippen LogP contribution is 2.39. The van der Waals surface area contributed by atoms with Gasteiger partial charge in [0.1, 0.15) is 5.60 Å². The molecule has 0 amide bonds. The number of nitrogens with two attached hydrogens (primary N) is 1. The number of nitrogens with zero attached hydrogens (tertiary/aromatic N) is 2. The molecule has 1 saturated carbocycles. The van der Waals surface area contributed by atoms with Crippen LogP contribution in [0.5, 0.6) is 0 Å². The van der Waals surface area contributed by atoms with Gasteiger partial charge in [-0.25, -0.2) is 0 Å². The maximum absolute atomic E-state index is 5.96. The van der Waals surface area contributed by atoms with Gasteiger partial charge in [0.2, 0.25) is 5.82 Å². The van der Waals surface area contributed by atoms with E-state index < -0.39 is 5.60 Å². The van der Waals surface area contributed by atoms with Gasteiger partial charge in [0.15, 0.2) is 0 Å². The molecular weight excluding hydrogens is 290 g/mol. The second-order valence-corrected chi connectivity index (χ2v) is 5.85. The molecule has 0 aliphatic heterocycles. The van der Waals surface area contributed by atoms with Crippen LogP contribution < -0.4 is 5.73 Å². The molecule has 0 saturated heterocycles. The van der Waals surface area contributed by atoms with Crippen LogP contribution in [0.2, 0.25) is 5.02 Å². The van der Waals surface area contributed by atoms with Gasteiger partial charge in [-0.15, -0.1) is 0 Å². The Morgan fingerprint density at radius 2 is 2.05 bits per heavy atom. The molecule has 112 valence electrons. The Hall–Kier alpha value is -1.59. The fourth-order valence-corrected chi connectivity index (χ4v) is 3.07. The quantitative estimate of drug-likeness (QED) is 0.873. The molecule has 21 heavy (non-hydrogen) atoms. The van der Waals surface area contributed by atoms with Gasteiger partial charge >= 0.3 is 0 Å². The van der Waals surface area contributed by atoms with Gasteiger partial charge in [0, 0.05) is 17.8 Å². The highest BCUT2D eigenvalue weighted by atomic mass is 35.5. The Bertz CT molecular complexity index is 636. The van der Waals surface area contributed by atoms with E-state index >= 15 is 0 Å². The first kappa shape index (κ1) is 14.4. The van der Waals surface area contributed by atoms with Crippen molar-refractivity contribution in [1.82, 2.24) is 10.1 Å². The molecule has 2 N–H and O–H groups in total.